The van der Waals surface area contributed by atoms with E-state index < -0.39 is 5.97 Å². The number of terminal acetylenes is 1. The third kappa shape index (κ3) is 9.00. The Morgan fingerprint density at radius 3 is 2.50 bits per heavy atom. The van der Waals surface area contributed by atoms with Crippen LogP contribution in [0.1, 0.15) is 28.4 Å². The summed E-state index contributed by atoms with van der Waals surface area (Å²) in [6, 6.07) is 23.2. The van der Waals surface area contributed by atoms with Crippen molar-refractivity contribution in [1.82, 2.24) is 0 Å². The number of esters is 1. The molecule has 0 aromatic heterocycles. The van der Waals surface area contributed by atoms with Crippen LogP contribution in [-0.2, 0) is 17.7 Å². The number of methoxy groups -OCH3 is 1. The van der Waals surface area contributed by atoms with Gasteiger partial charge < -0.3 is 14.8 Å². The van der Waals surface area contributed by atoms with Crippen molar-refractivity contribution >= 4 is 23.6 Å². The Bertz CT molecular complexity index is 1210. The van der Waals surface area contributed by atoms with Gasteiger partial charge in [-0.05, 0) is 54.8 Å². The minimum atomic E-state index is -0.394. The lowest BCUT2D eigenvalue weighted by molar-refractivity contribution is 0.0600. The van der Waals surface area contributed by atoms with Crippen LogP contribution in [0, 0.1) is 12.8 Å². The first-order valence-corrected chi connectivity index (χ1v) is 11.6. The molecule has 0 aliphatic heterocycles. The number of nitrogens with one attached hydrogen (secondary N) is 1. The van der Waals surface area contributed by atoms with Gasteiger partial charge in [0.15, 0.2) is 0 Å². The van der Waals surface area contributed by atoms with Gasteiger partial charge in [0, 0.05) is 12.8 Å². The molecule has 0 unspecified atom stereocenters. The van der Waals surface area contributed by atoms with Crippen LogP contribution in [0.4, 0.5) is 11.4 Å². The SMILES string of the molecule is C#C.C/C=C\C=C/Cc1ccccc1CNc1ccccc1N=CCOc1cccc(C(=O)OC)c1. The number of anilines is 1. The minimum Gasteiger partial charge on any atom is -0.488 e. The van der Waals surface area contributed by atoms with Crippen LogP contribution in [0.3, 0.4) is 0 Å². The molecule has 3 rings (SSSR count). The molecule has 0 radical (unpaired) electrons. The highest BCUT2D eigenvalue weighted by atomic mass is 16.5. The Kier molecular flexibility index (Phi) is 12.4. The maximum Gasteiger partial charge on any atom is 0.337 e. The molecule has 0 bridgehead atoms. The van der Waals surface area contributed by atoms with Crippen molar-refractivity contribution in [1.29, 1.82) is 0 Å². The van der Waals surface area contributed by atoms with Gasteiger partial charge >= 0.3 is 5.97 Å². The maximum atomic E-state index is 11.7. The molecule has 0 fully saturated rings. The fourth-order valence-corrected chi connectivity index (χ4v) is 3.34. The summed E-state index contributed by atoms with van der Waals surface area (Å²) in [6.45, 7) is 2.99. The average Bonchev–Trinajstić information content (AvgIpc) is 2.94. The second kappa shape index (κ2) is 16.1. The molecule has 184 valence electrons. The fraction of sp³-hybridized carbons (Fsp3) is 0.161. The summed E-state index contributed by atoms with van der Waals surface area (Å²) in [7, 11) is 1.36. The Morgan fingerprint density at radius 2 is 1.72 bits per heavy atom. The summed E-state index contributed by atoms with van der Waals surface area (Å²) in [4.78, 5) is 16.2. The van der Waals surface area contributed by atoms with E-state index in [1.807, 2.05) is 43.3 Å². The summed E-state index contributed by atoms with van der Waals surface area (Å²) in [6.07, 6.45) is 18.9. The molecule has 0 aliphatic rings. The van der Waals surface area contributed by atoms with Crippen molar-refractivity contribution in [3.63, 3.8) is 0 Å². The Morgan fingerprint density at radius 1 is 0.972 bits per heavy atom. The summed E-state index contributed by atoms with van der Waals surface area (Å²) in [5, 5.41) is 3.51. The van der Waals surface area contributed by atoms with Gasteiger partial charge in [-0.15, -0.1) is 12.8 Å². The topological polar surface area (TPSA) is 59.9 Å². The maximum absolute atomic E-state index is 11.7. The smallest absolute Gasteiger partial charge is 0.337 e. The van der Waals surface area contributed by atoms with Crippen molar-refractivity contribution in [2.45, 2.75) is 19.9 Å². The molecular weight excluding hydrogens is 448 g/mol. The quantitative estimate of drug-likeness (QED) is 0.142. The number of carbonyl (C=O) groups excluding carboxylic acids is 1. The van der Waals surface area contributed by atoms with E-state index in [4.69, 9.17) is 9.47 Å². The lowest BCUT2D eigenvalue weighted by atomic mass is 10.0. The highest BCUT2D eigenvalue weighted by Gasteiger charge is 2.06. The van der Waals surface area contributed by atoms with Gasteiger partial charge in [-0.25, -0.2) is 4.79 Å². The summed E-state index contributed by atoms with van der Waals surface area (Å²) in [5.74, 6) is 0.190. The minimum absolute atomic E-state index is 0.278. The zero-order chi connectivity index (χ0) is 26.0. The lowest BCUT2D eigenvalue weighted by Crippen LogP contribution is -2.04. The van der Waals surface area contributed by atoms with E-state index in [-0.39, 0.29) is 6.61 Å². The summed E-state index contributed by atoms with van der Waals surface area (Å²) >= 11 is 0. The molecule has 5 heteroatoms. The van der Waals surface area contributed by atoms with Gasteiger partial charge in [0.25, 0.3) is 0 Å². The van der Waals surface area contributed by atoms with E-state index >= 15 is 0 Å². The Labute approximate surface area is 214 Å². The Balaban J connectivity index is 0.00000222. The fourth-order valence-electron chi connectivity index (χ4n) is 3.34. The van der Waals surface area contributed by atoms with Gasteiger partial charge in [-0.2, -0.15) is 0 Å². The largest absolute Gasteiger partial charge is 0.488 e. The number of para-hydroxylation sites is 2. The Hall–Kier alpha value is -4.56. The van der Waals surface area contributed by atoms with E-state index in [0.717, 1.165) is 17.8 Å². The van der Waals surface area contributed by atoms with Gasteiger partial charge in [-0.1, -0.05) is 66.8 Å². The lowest BCUT2D eigenvalue weighted by Gasteiger charge is -2.12. The highest BCUT2D eigenvalue weighted by molar-refractivity contribution is 5.89. The predicted molar refractivity (Wildman–Crippen MR) is 149 cm³/mol. The monoisotopic (exact) mass is 480 g/mol. The normalized spacial score (nSPS) is 10.8. The molecule has 3 aromatic rings. The van der Waals surface area contributed by atoms with Crippen molar-refractivity contribution in [2.24, 2.45) is 4.99 Å². The number of hydrogen-bond acceptors (Lipinski definition) is 5. The molecule has 3 aromatic carbocycles. The van der Waals surface area contributed by atoms with E-state index in [2.05, 4.69) is 59.6 Å². The predicted octanol–water partition coefficient (Wildman–Crippen LogP) is 6.79. The molecule has 0 heterocycles. The molecular formula is C31H32N2O3. The first-order valence-electron chi connectivity index (χ1n) is 11.6. The summed E-state index contributed by atoms with van der Waals surface area (Å²) in [5.41, 5.74) is 4.77. The van der Waals surface area contributed by atoms with E-state index in [1.54, 1.807) is 30.5 Å². The number of carbonyl (C=O) groups is 1. The number of ether oxygens (including phenoxy) is 2. The van der Waals surface area contributed by atoms with Crippen LogP contribution in [0.2, 0.25) is 0 Å². The molecule has 36 heavy (non-hydrogen) atoms. The highest BCUT2D eigenvalue weighted by Crippen LogP contribution is 2.25. The number of allylic oxidation sites excluding steroid dienone is 4. The number of aliphatic imine (C=N–C) groups is 1. The van der Waals surface area contributed by atoms with Crippen molar-refractivity contribution in [2.75, 3.05) is 19.0 Å². The zero-order valence-corrected chi connectivity index (χ0v) is 20.8. The van der Waals surface area contributed by atoms with Crippen LogP contribution in [-0.4, -0.2) is 25.9 Å². The first-order chi connectivity index (χ1) is 17.7. The van der Waals surface area contributed by atoms with Crippen molar-refractivity contribution in [3.8, 4) is 18.6 Å². The third-order valence-corrected chi connectivity index (χ3v) is 5.08. The molecule has 0 atom stereocenters. The van der Waals surface area contributed by atoms with Crippen molar-refractivity contribution in [3.05, 3.63) is 114 Å². The third-order valence-electron chi connectivity index (χ3n) is 5.08. The van der Waals surface area contributed by atoms with Gasteiger partial charge in [-0.3, -0.25) is 4.99 Å². The second-order valence-electron chi connectivity index (χ2n) is 7.44. The van der Waals surface area contributed by atoms with Crippen LogP contribution in [0.5, 0.6) is 5.75 Å². The average molecular weight is 481 g/mol. The molecule has 0 saturated heterocycles. The molecule has 1 N–H and O–H groups in total. The standard InChI is InChI=1S/C29H30N2O3.C2H2/c1-3-4-5-6-12-23-13-7-8-14-25(23)22-31-28-18-10-9-17-27(28)30-19-20-34-26-16-11-15-24(21-26)29(32)33-2;1-2/h3-11,13-19,21,31H,12,20,22H2,1-2H3;1-2H/b4-3-,6-5-,30-19?;. The van der Waals surface area contributed by atoms with Crippen molar-refractivity contribution < 1.29 is 14.3 Å². The summed E-state index contributed by atoms with van der Waals surface area (Å²) < 4.78 is 10.5. The van der Waals surface area contributed by atoms with Crippen LogP contribution in [0.15, 0.2) is 102 Å². The van der Waals surface area contributed by atoms with Gasteiger partial charge in [0.05, 0.1) is 24.0 Å². The molecule has 0 spiro atoms. The van der Waals surface area contributed by atoms with Gasteiger partial charge in [0.1, 0.15) is 12.4 Å². The van der Waals surface area contributed by atoms with Crippen LogP contribution in [0.25, 0.3) is 0 Å². The van der Waals surface area contributed by atoms with Gasteiger partial charge in [0.2, 0.25) is 0 Å². The number of rotatable bonds is 11. The zero-order valence-electron chi connectivity index (χ0n) is 20.8. The molecule has 0 aliphatic carbocycles. The van der Waals surface area contributed by atoms with E-state index in [0.29, 0.717) is 17.9 Å². The van der Waals surface area contributed by atoms with E-state index in [9.17, 15) is 4.79 Å². The second-order valence-corrected chi connectivity index (χ2v) is 7.44. The number of nitrogens with zero attached hydrogens (tertiary/aromatic N) is 1. The number of hydrogen-bond donors (Lipinski definition) is 1. The molecule has 0 amide bonds. The first kappa shape index (κ1) is 27.7. The van der Waals surface area contributed by atoms with Crippen LogP contribution < -0.4 is 10.1 Å². The number of benzene rings is 3. The molecule has 0 saturated carbocycles. The van der Waals surface area contributed by atoms with E-state index in [1.165, 1.54) is 18.2 Å². The van der Waals surface area contributed by atoms with Crippen LogP contribution >= 0.6 is 0 Å². The molecule has 5 nitrogen and oxygen atoms in total.